The Morgan fingerprint density at radius 2 is 1.94 bits per heavy atom. The predicted molar refractivity (Wildman–Crippen MR) is 66.5 cm³/mol. The van der Waals surface area contributed by atoms with Gasteiger partial charge in [-0.05, 0) is 24.3 Å². The van der Waals surface area contributed by atoms with Crippen LogP contribution >= 0.6 is 0 Å². The molecule has 1 fully saturated rings. The Morgan fingerprint density at radius 1 is 1.29 bits per heavy atom. The van der Waals surface area contributed by atoms with Crippen LogP contribution < -0.4 is 5.73 Å². The van der Waals surface area contributed by atoms with E-state index in [1.54, 1.807) is 0 Å². The highest BCUT2D eigenvalue weighted by atomic mass is 16.5. The minimum absolute atomic E-state index is 0.142. The highest BCUT2D eigenvalue weighted by molar-refractivity contribution is 5.85. The van der Waals surface area contributed by atoms with Crippen molar-refractivity contribution in [3.63, 3.8) is 0 Å². The summed E-state index contributed by atoms with van der Waals surface area (Å²) in [5, 5.41) is 0. The molecule has 3 heteroatoms. The van der Waals surface area contributed by atoms with E-state index in [9.17, 15) is 4.79 Å². The van der Waals surface area contributed by atoms with Crippen molar-refractivity contribution < 1.29 is 9.53 Å². The van der Waals surface area contributed by atoms with E-state index in [0.717, 1.165) is 31.6 Å². The fraction of sp³-hybridized carbons (Fsp3) is 0.500. The van der Waals surface area contributed by atoms with Crippen molar-refractivity contribution in [1.82, 2.24) is 0 Å². The number of carbonyl (C=O) groups excluding carboxylic acids is 1. The smallest absolute Gasteiger partial charge is 0.154 e. The monoisotopic (exact) mass is 233 g/mol. The maximum Gasteiger partial charge on any atom is 0.154 e. The second-order valence-corrected chi connectivity index (χ2v) is 4.61. The minimum Gasteiger partial charge on any atom is -0.381 e. The topological polar surface area (TPSA) is 52.3 Å². The number of nitrogens with two attached hydrogens (primary N) is 1. The summed E-state index contributed by atoms with van der Waals surface area (Å²) in [5.74, 6) is 0.592. The number of ketones is 1. The molecule has 0 amide bonds. The lowest BCUT2D eigenvalue weighted by atomic mass is 9.90. The van der Waals surface area contributed by atoms with E-state index in [4.69, 9.17) is 10.5 Å². The molecule has 1 aliphatic heterocycles. The number of Topliss-reactive ketones (excluding diaryl/α,β-unsaturated/α-hetero) is 1. The molecule has 1 saturated heterocycles. The molecule has 0 spiro atoms. The van der Waals surface area contributed by atoms with Gasteiger partial charge in [0.25, 0.3) is 0 Å². The van der Waals surface area contributed by atoms with Crippen molar-refractivity contribution in [2.45, 2.75) is 25.3 Å². The van der Waals surface area contributed by atoms with E-state index in [1.165, 1.54) is 0 Å². The van der Waals surface area contributed by atoms with Crippen molar-refractivity contribution in [3.05, 3.63) is 35.9 Å². The molecule has 92 valence electrons. The molecule has 1 aliphatic rings. The second kappa shape index (κ2) is 5.94. The van der Waals surface area contributed by atoms with E-state index < -0.39 is 6.04 Å². The molecule has 1 aromatic carbocycles. The normalized spacial score (nSPS) is 18.9. The Kier molecular flexibility index (Phi) is 4.29. The summed E-state index contributed by atoms with van der Waals surface area (Å²) in [4.78, 5) is 12.0. The van der Waals surface area contributed by atoms with Gasteiger partial charge < -0.3 is 10.5 Å². The fourth-order valence-electron chi connectivity index (χ4n) is 2.21. The van der Waals surface area contributed by atoms with Crippen LogP contribution in [0.4, 0.5) is 0 Å². The molecule has 0 aromatic heterocycles. The number of hydrogen-bond acceptors (Lipinski definition) is 3. The van der Waals surface area contributed by atoms with Crippen LogP contribution in [0.5, 0.6) is 0 Å². The Hall–Kier alpha value is -1.19. The van der Waals surface area contributed by atoms with Crippen LogP contribution in [0.2, 0.25) is 0 Å². The molecule has 3 nitrogen and oxygen atoms in total. The van der Waals surface area contributed by atoms with Gasteiger partial charge in [-0.3, -0.25) is 4.79 Å². The lowest BCUT2D eigenvalue weighted by molar-refractivity contribution is -0.122. The van der Waals surface area contributed by atoms with E-state index in [-0.39, 0.29) is 5.78 Å². The molecule has 2 rings (SSSR count). The minimum atomic E-state index is -0.473. The maximum atomic E-state index is 12.0. The van der Waals surface area contributed by atoms with Crippen molar-refractivity contribution in [2.24, 2.45) is 11.7 Å². The molecular formula is C14H19NO2. The van der Waals surface area contributed by atoms with E-state index in [2.05, 4.69) is 0 Å². The molecule has 17 heavy (non-hydrogen) atoms. The van der Waals surface area contributed by atoms with Gasteiger partial charge in [0, 0.05) is 19.6 Å². The van der Waals surface area contributed by atoms with Crippen molar-refractivity contribution in [1.29, 1.82) is 0 Å². The SMILES string of the molecule is N[C@@H](C(=O)CC1CCOCC1)c1ccccc1. The first-order chi connectivity index (χ1) is 8.27. The summed E-state index contributed by atoms with van der Waals surface area (Å²) in [5.41, 5.74) is 6.88. The lowest BCUT2D eigenvalue weighted by Crippen LogP contribution is -2.26. The van der Waals surface area contributed by atoms with Crippen molar-refractivity contribution in [3.8, 4) is 0 Å². The average Bonchev–Trinajstić information content (AvgIpc) is 2.40. The molecule has 1 atom stereocenters. The van der Waals surface area contributed by atoms with Gasteiger partial charge in [-0.25, -0.2) is 0 Å². The summed E-state index contributed by atoms with van der Waals surface area (Å²) in [7, 11) is 0. The largest absolute Gasteiger partial charge is 0.381 e. The third-order valence-electron chi connectivity index (χ3n) is 3.34. The maximum absolute atomic E-state index is 12.0. The van der Waals surface area contributed by atoms with Crippen LogP contribution in [0.1, 0.15) is 30.9 Å². The van der Waals surface area contributed by atoms with Crippen LogP contribution in [0, 0.1) is 5.92 Å². The van der Waals surface area contributed by atoms with Crippen LogP contribution in [0.3, 0.4) is 0 Å². The summed E-state index contributed by atoms with van der Waals surface area (Å²) in [6, 6.07) is 9.10. The third-order valence-corrected chi connectivity index (χ3v) is 3.34. The fourth-order valence-corrected chi connectivity index (χ4v) is 2.21. The molecule has 0 unspecified atom stereocenters. The van der Waals surface area contributed by atoms with E-state index >= 15 is 0 Å². The quantitative estimate of drug-likeness (QED) is 0.866. The standard InChI is InChI=1S/C14H19NO2/c15-14(12-4-2-1-3-5-12)13(16)10-11-6-8-17-9-7-11/h1-5,11,14H,6-10,15H2/t14-/m1/s1. The van der Waals surface area contributed by atoms with Crippen LogP contribution in [0.15, 0.2) is 30.3 Å². The summed E-state index contributed by atoms with van der Waals surface area (Å²) in [6.07, 6.45) is 2.54. The van der Waals surface area contributed by atoms with Crippen LogP contribution in [-0.4, -0.2) is 19.0 Å². The van der Waals surface area contributed by atoms with Gasteiger partial charge in [-0.2, -0.15) is 0 Å². The Morgan fingerprint density at radius 3 is 2.59 bits per heavy atom. The number of rotatable bonds is 4. The van der Waals surface area contributed by atoms with Gasteiger partial charge in [-0.1, -0.05) is 30.3 Å². The molecule has 0 radical (unpaired) electrons. The Labute approximate surface area is 102 Å². The van der Waals surface area contributed by atoms with Gasteiger partial charge in [-0.15, -0.1) is 0 Å². The highest BCUT2D eigenvalue weighted by Gasteiger charge is 2.22. The first-order valence-corrected chi connectivity index (χ1v) is 6.18. The van der Waals surface area contributed by atoms with Gasteiger partial charge in [0.1, 0.15) is 0 Å². The first-order valence-electron chi connectivity index (χ1n) is 6.18. The number of ether oxygens (including phenoxy) is 1. The van der Waals surface area contributed by atoms with Gasteiger partial charge in [0.15, 0.2) is 5.78 Å². The molecule has 0 aliphatic carbocycles. The number of hydrogen-bond donors (Lipinski definition) is 1. The van der Waals surface area contributed by atoms with Gasteiger partial charge in [0.05, 0.1) is 6.04 Å². The zero-order chi connectivity index (χ0) is 12.1. The molecule has 1 aromatic rings. The number of benzene rings is 1. The van der Waals surface area contributed by atoms with E-state index in [0.29, 0.717) is 12.3 Å². The number of carbonyl (C=O) groups is 1. The molecule has 2 N–H and O–H groups in total. The third kappa shape index (κ3) is 3.38. The zero-order valence-electron chi connectivity index (χ0n) is 9.97. The van der Waals surface area contributed by atoms with Crippen LogP contribution in [-0.2, 0) is 9.53 Å². The molecular weight excluding hydrogens is 214 g/mol. The summed E-state index contributed by atoms with van der Waals surface area (Å²) >= 11 is 0. The van der Waals surface area contributed by atoms with Crippen molar-refractivity contribution in [2.75, 3.05) is 13.2 Å². The highest BCUT2D eigenvalue weighted by Crippen LogP contribution is 2.22. The molecule has 1 heterocycles. The summed E-state index contributed by atoms with van der Waals surface area (Å²) < 4.78 is 5.28. The molecule has 0 bridgehead atoms. The average molecular weight is 233 g/mol. The summed E-state index contributed by atoms with van der Waals surface area (Å²) in [6.45, 7) is 1.55. The zero-order valence-corrected chi connectivity index (χ0v) is 9.97. The first kappa shape index (κ1) is 12.3. The van der Waals surface area contributed by atoms with Gasteiger partial charge >= 0.3 is 0 Å². The Bertz CT molecular complexity index is 358. The van der Waals surface area contributed by atoms with Gasteiger partial charge in [0.2, 0.25) is 0 Å². The van der Waals surface area contributed by atoms with E-state index in [1.807, 2.05) is 30.3 Å². The van der Waals surface area contributed by atoms with Crippen LogP contribution in [0.25, 0.3) is 0 Å². The Balaban J connectivity index is 1.91. The molecule has 0 saturated carbocycles. The predicted octanol–water partition coefficient (Wildman–Crippen LogP) is 2.07. The lowest BCUT2D eigenvalue weighted by Gasteiger charge is -2.22. The second-order valence-electron chi connectivity index (χ2n) is 4.61. The van der Waals surface area contributed by atoms with Crippen molar-refractivity contribution >= 4 is 5.78 Å².